The van der Waals surface area contributed by atoms with Crippen LogP contribution < -0.4 is 4.74 Å². The number of fused-ring (bicyclic) bond motifs is 2. The van der Waals surface area contributed by atoms with E-state index in [4.69, 9.17) is 4.74 Å². The van der Waals surface area contributed by atoms with Gasteiger partial charge in [0.2, 0.25) is 0 Å². The Labute approximate surface area is 137 Å². The van der Waals surface area contributed by atoms with E-state index < -0.39 is 0 Å². The molecule has 0 aliphatic heterocycles. The first-order valence-electron chi connectivity index (χ1n) is 8.13. The molecule has 0 saturated heterocycles. The molecule has 23 heavy (non-hydrogen) atoms. The van der Waals surface area contributed by atoms with E-state index in [-0.39, 0.29) is 0 Å². The van der Waals surface area contributed by atoms with Gasteiger partial charge in [-0.2, -0.15) is 0 Å². The normalized spacial score (nSPS) is 16.1. The molecule has 0 heterocycles. The van der Waals surface area contributed by atoms with Crippen LogP contribution >= 0.6 is 0 Å². The van der Waals surface area contributed by atoms with Crippen LogP contribution in [0, 0.1) is 0 Å². The molecular weight excluding hydrogens is 280 g/mol. The third-order valence-corrected chi connectivity index (χ3v) is 4.85. The predicted octanol–water partition coefficient (Wildman–Crippen LogP) is 4.97. The van der Waals surface area contributed by atoms with Crippen LogP contribution in [0.25, 0.3) is 0 Å². The van der Waals surface area contributed by atoms with E-state index in [1.165, 1.54) is 27.8 Å². The second kappa shape index (κ2) is 5.92. The molecule has 0 N–H and O–H groups in total. The maximum absolute atomic E-state index is 5.48. The summed E-state index contributed by atoms with van der Waals surface area (Å²) in [7, 11) is 1.74. The first-order valence-corrected chi connectivity index (χ1v) is 8.13. The van der Waals surface area contributed by atoms with Crippen molar-refractivity contribution in [2.24, 2.45) is 0 Å². The highest BCUT2D eigenvalue weighted by Crippen LogP contribution is 2.37. The maximum atomic E-state index is 5.48. The average Bonchev–Trinajstić information content (AvgIpc) is 2.78. The van der Waals surface area contributed by atoms with Crippen LogP contribution in [0.2, 0.25) is 0 Å². The smallest absolute Gasteiger partial charge is 0.119 e. The molecule has 3 aromatic rings. The van der Waals surface area contributed by atoms with Gasteiger partial charge in [-0.1, -0.05) is 60.7 Å². The molecular formula is C22H20O. The number of benzene rings is 3. The molecule has 1 nitrogen and oxygen atoms in total. The van der Waals surface area contributed by atoms with Gasteiger partial charge < -0.3 is 4.74 Å². The lowest BCUT2D eigenvalue weighted by molar-refractivity contribution is 0.414. The zero-order valence-electron chi connectivity index (χ0n) is 13.3. The van der Waals surface area contributed by atoms with E-state index in [0.717, 1.165) is 18.6 Å². The van der Waals surface area contributed by atoms with Gasteiger partial charge in [0.25, 0.3) is 0 Å². The van der Waals surface area contributed by atoms with Crippen molar-refractivity contribution in [1.82, 2.24) is 0 Å². The summed E-state index contributed by atoms with van der Waals surface area (Å²) >= 11 is 0. The average molecular weight is 300 g/mol. The summed E-state index contributed by atoms with van der Waals surface area (Å²) in [5.74, 6) is 1.32. The van der Waals surface area contributed by atoms with Crippen molar-refractivity contribution in [2.75, 3.05) is 7.11 Å². The third kappa shape index (κ3) is 2.63. The quantitative estimate of drug-likeness (QED) is 0.649. The van der Waals surface area contributed by atoms with Crippen molar-refractivity contribution in [2.45, 2.75) is 18.8 Å². The molecule has 1 aliphatic rings. The molecule has 1 atom stereocenters. The van der Waals surface area contributed by atoms with Gasteiger partial charge in [-0.15, -0.1) is 0 Å². The second-order valence-corrected chi connectivity index (χ2v) is 6.18. The van der Waals surface area contributed by atoms with E-state index in [9.17, 15) is 0 Å². The Morgan fingerprint density at radius 2 is 1.52 bits per heavy atom. The molecule has 0 fully saturated rings. The molecule has 0 amide bonds. The Balaban J connectivity index is 1.90. The minimum atomic E-state index is 0.380. The minimum Gasteiger partial charge on any atom is -0.497 e. The summed E-state index contributed by atoms with van der Waals surface area (Å²) in [6, 6.07) is 26.2. The molecule has 0 bridgehead atoms. The van der Waals surface area contributed by atoms with Crippen molar-refractivity contribution in [3.8, 4) is 5.75 Å². The largest absolute Gasteiger partial charge is 0.497 e. The monoisotopic (exact) mass is 300 g/mol. The van der Waals surface area contributed by atoms with Crippen LogP contribution in [0.15, 0.2) is 72.8 Å². The molecule has 114 valence electrons. The number of hydrogen-bond acceptors (Lipinski definition) is 1. The maximum Gasteiger partial charge on any atom is 0.119 e. The second-order valence-electron chi connectivity index (χ2n) is 6.18. The molecule has 4 rings (SSSR count). The van der Waals surface area contributed by atoms with Gasteiger partial charge in [0, 0.05) is 5.92 Å². The van der Waals surface area contributed by atoms with Gasteiger partial charge >= 0.3 is 0 Å². The van der Waals surface area contributed by atoms with Gasteiger partial charge in [-0.05, 0) is 52.8 Å². The lowest BCUT2D eigenvalue weighted by Gasteiger charge is -2.19. The van der Waals surface area contributed by atoms with Gasteiger partial charge in [0.15, 0.2) is 0 Å². The summed E-state index contributed by atoms with van der Waals surface area (Å²) in [5.41, 5.74) is 7.07. The van der Waals surface area contributed by atoms with E-state index >= 15 is 0 Å². The van der Waals surface area contributed by atoms with Gasteiger partial charge in [-0.3, -0.25) is 0 Å². The van der Waals surface area contributed by atoms with Crippen molar-refractivity contribution in [1.29, 1.82) is 0 Å². The Hall–Kier alpha value is -2.54. The Kier molecular flexibility index (Phi) is 3.63. The van der Waals surface area contributed by atoms with Crippen LogP contribution in [0.3, 0.4) is 0 Å². The van der Waals surface area contributed by atoms with Crippen LogP contribution in [0.5, 0.6) is 5.75 Å². The summed E-state index contributed by atoms with van der Waals surface area (Å²) < 4.78 is 5.48. The minimum absolute atomic E-state index is 0.380. The predicted molar refractivity (Wildman–Crippen MR) is 94.2 cm³/mol. The first kappa shape index (κ1) is 14.1. The van der Waals surface area contributed by atoms with Gasteiger partial charge in [0.1, 0.15) is 5.75 Å². The molecule has 1 heteroatoms. The number of rotatable bonds is 2. The van der Waals surface area contributed by atoms with Gasteiger partial charge in [0.05, 0.1) is 7.11 Å². The van der Waals surface area contributed by atoms with Crippen LogP contribution in [0.4, 0.5) is 0 Å². The van der Waals surface area contributed by atoms with E-state index in [1.54, 1.807) is 7.11 Å². The van der Waals surface area contributed by atoms with Crippen LogP contribution in [-0.2, 0) is 12.8 Å². The Morgan fingerprint density at radius 3 is 2.30 bits per heavy atom. The topological polar surface area (TPSA) is 9.23 Å². The van der Waals surface area contributed by atoms with E-state index in [1.807, 2.05) is 0 Å². The van der Waals surface area contributed by atoms with Crippen molar-refractivity contribution < 1.29 is 4.74 Å². The summed E-state index contributed by atoms with van der Waals surface area (Å²) in [6.45, 7) is 0. The highest BCUT2D eigenvalue weighted by atomic mass is 16.5. The van der Waals surface area contributed by atoms with Crippen molar-refractivity contribution >= 4 is 0 Å². The SMILES string of the molecule is COc1ccc2c(c1)C(c1ccccc1)Cc1ccccc1C2. The van der Waals surface area contributed by atoms with E-state index in [0.29, 0.717) is 5.92 Å². The molecule has 1 unspecified atom stereocenters. The molecule has 0 spiro atoms. The summed E-state index contributed by atoms with van der Waals surface area (Å²) in [4.78, 5) is 0. The van der Waals surface area contributed by atoms with Crippen molar-refractivity contribution in [3.63, 3.8) is 0 Å². The zero-order valence-corrected chi connectivity index (χ0v) is 13.3. The molecule has 0 saturated carbocycles. The van der Waals surface area contributed by atoms with Crippen LogP contribution in [-0.4, -0.2) is 7.11 Å². The van der Waals surface area contributed by atoms with Crippen molar-refractivity contribution in [3.05, 3.63) is 101 Å². The molecule has 0 radical (unpaired) electrons. The van der Waals surface area contributed by atoms with Crippen LogP contribution in [0.1, 0.15) is 33.7 Å². The summed E-state index contributed by atoms with van der Waals surface area (Å²) in [5, 5.41) is 0. The Morgan fingerprint density at radius 1 is 0.783 bits per heavy atom. The lowest BCUT2D eigenvalue weighted by Crippen LogP contribution is -2.06. The third-order valence-electron chi connectivity index (χ3n) is 4.85. The zero-order chi connectivity index (χ0) is 15.6. The molecule has 1 aliphatic carbocycles. The fourth-order valence-corrected chi connectivity index (χ4v) is 3.63. The lowest BCUT2D eigenvalue weighted by atomic mass is 9.85. The highest BCUT2D eigenvalue weighted by molar-refractivity contribution is 5.49. The first-order chi connectivity index (χ1) is 11.3. The van der Waals surface area contributed by atoms with Gasteiger partial charge in [-0.25, -0.2) is 0 Å². The molecule has 3 aromatic carbocycles. The fraction of sp³-hybridized carbons (Fsp3) is 0.182. The standard InChI is InChI=1S/C22H20O/c1-23-20-12-11-19-13-17-9-5-6-10-18(17)14-21(22(19)15-20)16-7-3-2-4-8-16/h2-12,15,21H,13-14H2,1H3. The summed E-state index contributed by atoms with van der Waals surface area (Å²) in [6.07, 6.45) is 2.04. The van der Waals surface area contributed by atoms with E-state index in [2.05, 4.69) is 72.8 Å². The number of hydrogen-bond donors (Lipinski definition) is 0. The number of ether oxygens (including phenoxy) is 1. The molecule has 0 aromatic heterocycles. The number of methoxy groups -OCH3 is 1. The fourth-order valence-electron chi connectivity index (χ4n) is 3.63. The highest BCUT2D eigenvalue weighted by Gasteiger charge is 2.23. The Bertz CT molecular complexity index is 820.